The normalized spacial score (nSPS) is 9.64. The Hall–Kier alpha value is -1.29. The number of rotatable bonds is 2. The Labute approximate surface area is 87.2 Å². The van der Waals surface area contributed by atoms with Crippen molar-refractivity contribution in [2.24, 2.45) is 0 Å². The van der Waals surface area contributed by atoms with Gasteiger partial charge in [0.15, 0.2) is 0 Å². The van der Waals surface area contributed by atoms with E-state index in [1.807, 2.05) is 13.0 Å². The minimum absolute atomic E-state index is 0.392. The third-order valence-electron chi connectivity index (χ3n) is 1.77. The fourth-order valence-corrected chi connectivity index (χ4v) is 1.18. The molecule has 1 amide bonds. The van der Waals surface area contributed by atoms with Gasteiger partial charge in [-0.2, -0.15) is 0 Å². The molecular weight excluding hydrogens is 204 g/mol. The average Bonchev–Trinajstić information content (AvgIpc) is 2.16. The summed E-state index contributed by atoms with van der Waals surface area (Å²) in [6.07, 6.45) is -0.459. The maximum Gasteiger partial charge on any atom is 0.407 e. The predicted octanol–water partition coefficient (Wildman–Crippen LogP) is 1.90. The zero-order chi connectivity index (χ0) is 10.6. The number of nitrogens with one attached hydrogen (secondary N) is 1. The quantitative estimate of drug-likeness (QED) is 0.765. The van der Waals surface area contributed by atoms with Gasteiger partial charge >= 0.3 is 6.09 Å². The Bertz CT molecular complexity index is 342. The Kier molecular flexibility index (Phi) is 3.71. The highest BCUT2D eigenvalue weighted by molar-refractivity contribution is 6.29. The summed E-state index contributed by atoms with van der Waals surface area (Å²) in [5.41, 5.74) is 1.72. The summed E-state index contributed by atoms with van der Waals surface area (Å²) in [6, 6.07) is 3.50. The molecule has 0 radical (unpaired) electrons. The van der Waals surface area contributed by atoms with Crippen molar-refractivity contribution in [2.45, 2.75) is 13.5 Å². The van der Waals surface area contributed by atoms with Crippen molar-refractivity contribution in [3.8, 4) is 0 Å². The molecular formula is C9H11ClN2O2. The highest BCUT2D eigenvalue weighted by atomic mass is 35.5. The highest BCUT2D eigenvalue weighted by Crippen LogP contribution is 2.10. The lowest BCUT2D eigenvalue weighted by Crippen LogP contribution is -2.22. The van der Waals surface area contributed by atoms with E-state index in [9.17, 15) is 4.79 Å². The summed E-state index contributed by atoms with van der Waals surface area (Å²) in [4.78, 5) is 14.8. The summed E-state index contributed by atoms with van der Waals surface area (Å²) < 4.78 is 4.44. The topological polar surface area (TPSA) is 51.2 Å². The third kappa shape index (κ3) is 2.88. The van der Waals surface area contributed by atoms with Crippen LogP contribution in [0.4, 0.5) is 4.79 Å². The number of aryl methyl sites for hydroxylation is 1. The largest absolute Gasteiger partial charge is 0.453 e. The molecule has 0 atom stereocenters. The first-order valence-corrected chi connectivity index (χ1v) is 4.45. The minimum atomic E-state index is -0.459. The van der Waals surface area contributed by atoms with E-state index in [4.69, 9.17) is 11.6 Å². The second kappa shape index (κ2) is 4.81. The smallest absolute Gasteiger partial charge is 0.407 e. The van der Waals surface area contributed by atoms with Crippen LogP contribution in [0.2, 0.25) is 5.15 Å². The molecule has 0 aliphatic rings. The predicted molar refractivity (Wildman–Crippen MR) is 53.2 cm³/mol. The number of amides is 1. The van der Waals surface area contributed by atoms with Crippen LogP contribution < -0.4 is 5.32 Å². The fourth-order valence-electron chi connectivity index (χ4n) is 0.986. The van der Waals surface area contributed by atoms with Gasteiger partial charge in [-0.3, -0.25) is 0 Å². The zero-order valence-corrected chi connectivity index (χ0v) is 8.76. The molecule has 0 fully saturated rings. The van der Waals surface area contributed by atoms with E-state index in [0.29, 0.717) is 11.7 Å². The van der Waals surface area contributed by atoms with Crippen molar-refractivity contribution >= 4 is 17.7 Å². The van der Waals surface area contributed by atoms with Crippen LogP contribution in [0, 0.1) is 6.92 Å². The van der Waals surface area contributed by atoms with E-state index in [-0.39, 0.29) is 0 Å². The fraction of sp³-hybridized carbons (Fsp3) is 0.333. The summed E-state index contributed by atoms with van der Waals surface area (Å²) in [5.74, 6) is 0. The van der Waals surface area contributed by atoms with Gasteiger partial charge in [0.25, 0.3) is 0 Å². The van der Waals surface area contributed by atoms with Crippen molar-refractivity contribution in [1.82, 2.24) is 10.3 Å². The van der Waals surface area contributed by atoms with Gasteiger partial charge in [-0.15, -0.1) is 0 Å². The molecule has 0 saturated carbocycles. The van der Waals surface area contributed by atoms with Gasteiger partial charge in [0.1, 0.15) is 5.15 Å². The summed E-state index contributed by atoms with van der Waals surface area (Å²) >= 11 is 5.68. The van der Waals surface area contributed by atoms with Crippen LogP contribution in [0.5, 0.6) is 0 Å². The van der Waals surface area contributed by atoms with Crippen LogP contribution in [0.3, 0.4) is 0 Å². The summed E-state index contributed by atoms with van der Waals surface area (Å²) in [5, 5.41) is 3.01. The van der Waals surface area contributed by atoms with Crippen LogP contribution in [0.15, 0.2) is 12.1 Å². The molecule has 1 aromatic rings. The van der Waals surface area contributed by atoms with E-state index in [2.05, 4.69) is 15.0 Å². The summed E-state index contributed by atoms with van der Waals surface area (Å²) in [6.45, 7) is 2.23. The average molecular weight is 215 g/mol. The van der Waals surface area contributed by atoms with Gasteiger partial charge in [-0.05, 0) is 18.6 Å². The molecule has 0 saturated heterocycles. The Morgan fingerprint density at radius 3 is 2.93 bits per heavy atom. The van der Waals surface area contributed by atoms with Crippen molar-refractivity contribution in [3.05, 3.63) is 28.5 Å². The Balaban J connectivity index is 2.63. The molecule has 5 heteroatoms. The highest BCUT2D eigenvalue weighted by Gasteiger charge is 2.03. The van der Waals surface area contributed by atoms with Crippen molar-refractivity contribution in [1.29, 1.82) is 0 Å². The zero-order valence-electron chi connectivity index (χ0n) is 8.00. The van der Waals surface area contributed by atoms with Gasteiger partial charge in [-0.1, -0.05) is 17.7 Å². The van der Waals surface area contributed by atoms with Crippen LogP contribution in [-0.4, -0.2) is 18.2 Å². The number of carbonyl (C=O) groups excluding carboxylic acids is 1. The summed E-state index contributed by atoms with van der Waals surface area (Å²) in [7, 11) is 1.32. The molecule has 1 heterocycles. The molecule has 4 nitrogen and oxygen atoms in total. The van der Waals surface area contributed by atoms with E-state index in [1.54, 1.807) is 6.07 Å². The number of hydrogen-bond acceptors (Lipinski definition) is 3. The number of aromatic nitrogens is 1. The molecule has 0 aromatic carbocycles. The first kappa shape index (κ1) is 10.8. The molecule has 0 aliphatic heterocycles. The second-order valence-corrected chi connectivity index (χ2v) is 3.11. The molecule has 0 bridgehead atoms. The van der Waals surface area contributed by atoms with Gasteiger partial charge in [0.05, 0.1) is 7.11 Å². The van der Waals surface area contributed by atoms with E-state index >= 15 is 0 Å². The molecule has 1 rings (SSSR count). The van der Waals surface area contributed by atoms with E-state index in [0.717, 1.165) is 11.3 Å². The molecule has 1 N–H and O–H groups in total. The molecule has 0 unspecified atom stereocenters. The molecule has 0 aliphatic carbocycles. The molecule has 1 aromatic heterocycles. The number of methoxy groups -OCH3 is 1. The van der Waals surface area contributed by atoms with Crippen molar-refractivity contribution < 1.29 is 9.53 Å². The monoisotopic (exact) mass is 214 g/mol. The lowest BCUT2D eigenvalue weighted by Gasteiger charge is -2.06. The lowest BCUT2D eigenvalue weighted by atomic mass is 10.2. The minimum Gasteiger partial charge on any atom is -0.453 e. The number of pyridine rings is 1. The Morgan fingerprint density at radius 1 is 1.64 bits per heavy atom. The van der Waals surface area contributed by atoms with Crippen LogP contribution in [0.1, 0.15) is 11.3 Å². The first-order valence-electron chi connectivity index (χ1n) is 4.07. The first-order chi connectivity index (χ1) is 6.63. The number of carbonyl (C=O) groups is 1. The van der Waals surface area contributed by atoms with Crippen molar-refractivity contribution in [2.75, 3.05) is 7.11 Å². The van der Waals surface area contributed by atoms with Crippen LogP contribution in [0.25, 0.3) is 0 Å². The van der Waals surface area contributed by atoms with Crippen LogP contribution >= 0.6 is 11.6 Å². The van der Waals surface area contributed by atoms with Gasteiger partial charge in [-0.25, -0.2) is 9.78 Å². The number of alkyl carbamates (subject to hydrolysis) is 1. The van der Waals surface area contributed by atoms with Crippen LogP contribution in [-0.2, 0) is 11.3 Å². The van der Waals surface area contributed by atoms with E-state index < -0.39 is 6.09 Å². The maximum atomic E-state index is 10.8. The number of nitrogens with zero attached hydrogens (tertiary/aromatic N) is 1. The standard InChI is InChI=1S/C9H11ClN2O2/c1-6-7(3-4-8(10)12-6)5-11-9(13)14-2/h3-4H,5H2,1-2H3,(H,11,13). The lowest BCUT2D eigenvalue weighted by molar-refractivity contribution is 0.170. The van der Waals surface area contributed by atoms with E-state index in [1.165, 1.54) is 7.11 Å². The second-order valence-electron chi connectivity index (χ2n) is 2.72. The number of ether oxygens (including phenoxy) is 1. The third-order valence-corrected chi connectivity index (χ3v) is 1.98. The number of halogens is 1. The maximum absolute atomic E-state index is 10.8. The SMILES string of the molecule is COC(=O)NCc1ccc(Cl)nc1C. The Morgan fingerprint density at radius 2 is 2.36 bits per heavy atom. The molecule has 76 valence electrons. The molecule has 0 spiro atoms. The molecule has 14 heavy (non-hydrogen) atoms. The van der Waals surface area contributed by atoms with Gasteiger partial charge < -0.3 is 10.1 Å². The van der Waals surface area contributed by atoms with Gasteiger partial charge in [0, 0.05) is 12.2 Å². The van der Waals surface area contributed by atoms with Gasteiger partial charge in [0.2, 0.25) is 0 Å². The number of hydrogen-bond donors (Lipinski definition) is 1. The van der Waals surface area contributed by atoms with Crippen molar-refractivity contribution in [3.63, 3.8) is 0 Å².